The van der Waals surface area contributed by atoms with Crippen molar-refractivity contribution < 1.29 is 9.47 Å². The van der Waals surface area contributed by atoms with Gasteiger partial charge in [-0.05, 0) is 22.9 Å². The van der Waals surface area contributed by atoms with Crippen molar-refractivity contribution in [1.29, 1.82) is 0 Å². The van der Waals surface area contributed by atoms with Crippen LogP contribution < -0.4 is 0 Å². The van der Waals surface area contributed by atoms with E-state index in [2.05, 4.69) is 15.9 Å². The summed E-state index contributed by atoms with van der Waals surface area (Å²) in [4.78, 5) is 0. The SMILES string of the molecule is Cc1ccc([C@]2(Br)OC[C@@H](CCl)O2)cc1. The maximum Gasteiger partial charge on any atom is 0.254 e. The molecule has 0 radical (unpaired) electrons. The molecule has 2 nitrogen and oxygen atoms in total. The zero-order valence-electron chi connectivity index (χ0n) is 8.37. The van der Waals surface area contributed by atoms with Crippen molar-refractivity contribution in [3.05, 3.63) is 35.4 Å². The molecule has 1 aromatic rings. The molecule has 1 aliphatic rings. The van der Waals surface area contributed by atoms with E-state index in [0.29, 0.717) is 12.5 Å². The molecule has 1 saturated heterocycles. The van der Waals surface area contributed by atoms with E-state index >= 15 is 0 Å². The minimum absolute atomic E-state index is 0.0488. The first-order valence-electron chi connectivity index (χ1n) is 4.78. The first-order valence-corrected chi connectivity index (χ1v) is 6.10. The smallest absolute Gasteiger partial charge is 0.254 e. The summed E-state index contributed by atoms with van der Waals surface area (Å²) in [5, 5.41) is 0. The second kappa shape index (κ2) is 4.42. The van der Waals surface area contributed by atoms with Crippen LogP contribution in [0.2, 0.25) is 0 Å². The van der Waals surface area contributed by atoms with Crippen LogP contribution in [0.5, 0.6) is 0 Å². The van der Waals surface area contributed by atoms with Crippen LogP contribution in [0.15, 0.2) is 24.3 Å². The van der Waals surface area contributed by atoms with E-state index < -0.39 is 4.70 Å². The van der Waals surface area contributed by atoms with Gasteiger partial charge in [0.2, 0.25) is 0 Å². The van der Waals surface area contributed by atoms with E-state index in [0.717, 1.165) is 5.56 Å². The summed E-state index contributed by atoms with van der Waals surface area (Å²) in [6.45, 7) is 2.56. The first kappa shape index (κ1) is 11.4. The number of benzene rings is 1. The molecule has 1 aromatic carbocycles. The van der Waals surface area contributed by atoms with Crippen LogP contribution in [0.25, 0.3) is 0 Å². The lowest BCUT2D eigenvalue weighted by Gasteiger charge is -2.21. The molecular formula is C11H12BrClO2. The van der Waals surface area contributed by atoms with Gasteiger partial charge >= 0.3 is 0 Å². The maximum absolute atomic E-state index is 5.72. The molecule has 15 heavy (non-hydrogen) atoms. The third-order valence-electron chi connectivity index (χ3n) is 2.34. The Morgan fingerprint density at radius 1 is 1.47 bits per heavy atom. The van der Waals surface area contributed by atoms with E-state index in [1.807, 2.05) is 31.2 Å². The average Bonchev–Trinajstić information content (AvgIpc) is 2.62. The number of rotatable bonds is 2. The molecule has 4 heteroatoms. The van der Waals surface area contributed by atoms with Gasteiger partial charge < -0.3 is 9.47 Å². The van der Waals surface area contributed by atoms with E-state index in [4.69, 9.17) is 21.1 Å². The number of halogens is 2. The minimum Gasteiger partial charge on any atom is -0.334 e. The van der Waals surface area contributed by atoms with Crippen molar-refractivity contribution in [1.82, 2.24) is 0 Å². The van der Waals surface area contributed by atoms with Crippen molar-refractivity contribution in [2.45, 2.75) is 17.7 Å². The lowest BCUT2D eigenvalue weighted by molar-refractivity contribution is -0.0861. The van der Waals surface area contributed by atoms with Crippen LogP contribution in [0.1, 0.15) is 11.1 Å². The van der Waals surface area contributed by atoms with Crippen LogP contribution in [0, 0.1) is 6.92 Å². The summed E-state index contributed by atoms with van der Waals surface area (Å²) in [5.41, 5.74) is 2.17. The molecule has 1 heterocycles. The largest absolute Gasteiger partial charge is 0.334 e. The van der Waals surface area contributed by atoms with Crippen LogP contribution in [0.3, 0.4) is 0 Å². The lowest BCUT2D eigenvalue weighted by atomic mass is 10.1. The highest BCUT2D eigenvalue weighted by atomic mass is 79.9. The molecule has 0 spiro atoms. The standard InChI is InChI=1S/C11H12BrClO2/c1-8-2-4-9(5-3-8)11(12)14-7-10(6-13)15-11/h2-5,10H,6-7H2,1H3/t10-,11+/m1/s1. The Bertz CT molecular complexity index is 341. The van der Waals surface area contributed by atoms with E-state index in [9.17, 15) is 0 Å². The highest BCUT2D eigenvalue weighted by Gasteiger charge is 2.40. The van der Waals surface area contributed by atoms with E-state index in [-0.39, 0.29) is 6.10 Å². The summed E-state index contributed by atoms with van der Waals surface area (Å²) < 4.78 is 10.4. The molecule has 82 valence electrons. The number of alkyl halides is 2. The number of ether oxygens (including phenoxy) is 2. The summed E-state index contributed by atoms with van der Waals surface area (Å²) in [5.74, 6) is 0.444. The van der Waals surface area contributed by atoms with Gasteiger partial charge in [0.05, 0.1) is 18.6 Å². The van der Waals surface area contributed by atoms with Gasteiger partial charge in [0, 0.05) is 5.56 Å². The zero-order chi connectivity index (χ0) is 10.9. The molecule has 0 amide bonds. The van der Waals surface area contributed by atoms with Gasteiger partial charge in [-0.15, -0.1) is 11.6 Å². The zero-order valence-corrected chi connectivity index (χ0v) is 10.7. The summed E-state index contributed by atoms with van der Waals surface area (Å²) in [6, 6.07) is 8.03. The number of aryl methyl sites for hydroxylation is 1. The summed E-state index contributed by atoms with van der Waals surface area (Å²) in [7, 11) is 0. The van der Waals surface area contributed by atoms with Crippen molar-refractivity contribution >= 4 is 27.5 Å². The lowest BCUT2D eigenvalue weighted by Crippen LogP contribution is -2.20. The van der Waals surface area contributed by atoms with Gasteiger partial charge in [0.25, 0.3) is 4.70 Å². The Morgan fingerprint density at radius 3 is 2.67 bits per heavy atom. The highest BCUT2D eigenvalue weighted by Crippen LogP contribution is 2.40. The average molecular weight is 292 g/mol. The minimum atomic E-state index is -0.819. The van der Waals surface area contributed by atoms with Gasteiger partial charge in [-0.3, -0.25) is 0 Å². The van der Waals surface area contributed by atoms with Crippen LogP contribution in [0.4, 0.5) is 0 Å². The Hall–Kier alpha value is -0.0900. The monoisotopic (exact) mass is 290 g/mol. The van der Waals surface area contributed by atoms with Gasteiger partial charge in [-0.25, -0.2) is 0 Å². The molecule has 0 aliphatic carbocycles. The van der Waals surface area contributed by atoms with E-state index in [1.165, 1.54) is 5.56 Å². The molecular weight excluding hydrogens is 279 g/mol. The number of hydrogen-bond acceptors (Lipinski definition) is 2. The summed E-state index contributed by atoms with van der Waals surface area (Å²) >= 11 is 9.18. The van der Waals surface area contributed by atoms with Crippen LogP contribution in [-0.4, -0.2) is 18.6 Å². The van der Waals surface area contributed by atoms with Gasteiger partial charge in [-0.2, -0.15) is 0 Å². The van der Waals surface area contributed by atoms with Gasteiger partial charge in [-0.1, -0.05) is 29.8 Å². The molecule has 0 bridgehead atoms. The molecule has 0 saturated carbocycles. The van der Waals surface area contributed by atoms with Crippen molar-refractivity contribution in [2.24, 2.45) is 0 Å². The molecule has 2 atom stereocenters. The number of hydrogen-bond donors (Lipinski definition) is 0. The molecule has 0 aromatic heterocycles. The Kier molecular flexibility index (Phi) is 3.36. The van der Waals surface area contributed by atoms with Crippen molar-refractivity contribution in [3.8, 4) is 0 Å². The fourth-order valence-corrected chi connectivity index (χ4v) is 2.28. The molecule has 0 unspecified atom stereocenters. The molecule has 0 N–H and O–H groups in total. The second-order valence-corrected chi connectivity index (χ2v) is 4.96. The van der Waals surface area contributed by atoms with E-state index in [1.54, 1.807) is 0 Å². The fraction of sp³-hybridized carbons (Fsp3) is 0.455. The Labute approximate surface area is 103 Å². The molecule has 1 fully saturated rings. The Morgan fingerprint density at radius 2 is 2.13 bits per heavy atom. The predicted octanol–water partition coefficient (Wildman–Crippen LogP) is 3.15. The quantitative estimate of drug-likeness (QED) is 0.779. The summed E-state index contributed by atoms with van der Waals surface area (Å²) in [6.07, 6.45) is -0.0488. The normalized spacial score (nSPS) is 30.7. The maximum atomic E-state index is 5.72. The predicted molar refractivity (Wildman–Crippen MR) is 63.3 cm³/mol. The molecule has 1 aliphatic heterocycles. The Balaban J connectivity index is 2.20. The van der Waals surface area contributed by atoms with Crippen molar-refractivity contribution in [2.75, 3.05) is 12.5 Å². The van der Waals surface area contributed by atoms with Crippen molar-refractivity contribution in [3.63, 3.8) is 0 Å². The van der Waals surface area contributed by atoms with Crippen LogP contribution in [-0.2, 0) is 14.2 Å². The van der Waals surface area contributed by atoms with Gasteiger partial charge in [0.1, 0.15) is 0 Å². The third-order valence-corrected chi connectivity index (χ3v) is 3.56. The molecule has 2 rings (SSSR count). The first-order chi connectivity index (χ1) is 7.14. The second-order valence-electron chi connectivity index (χ2n) is 3.61. The topological polar surface area (TPSA) is 18.5 Å². The third kappa shape index (κ3) is 2.36. The van der Waals surface area contributed by atoms with Gasteiger partial charge in [0.15, 0.2) is 0 Å². The van der Waals surface area contributed by atoms with Crippen LogP contribution >= 0.6 is 27.5 Å². The highest BCUT2D eigenvalue weighted by molar-refractivity contribution is 9.09. The fourth-order valence-electron chi connectivity index (χ4n) is 1.46.